The molecule has 1 aromatic rings. The number of pyridine rings is 1. The molecule has 1 aromatic heterocycles. The molecule has 7 nitrogen and oxygen atoms in total. The fourth-order valence-corrected chi connectivity index (χ4v) is 5.04. The van der Waals surface area contributed by atoms with Gasteiger partial charge in [-0.15, -0.1) is 24.0 Å². The Kier molecular flexibility index (Phi) is 8.87. The minimum Gasteiger partial charge on any atom is -0.369 e. The van der Waals surface area contributed by atoms with E-state index in [9.17, 15) is 4.79 Å². The molecule has 2 fully saturated rings. The van der Waals surface area contributed by atoms with Gasteiger partial charge in [0.05, 0.1) is 0 Å². The lowest BCUT2D eigenvalue weighted by Crippen LogP contribution is -2.50. The average molecular weight is 532 g/mol. The molecule has 0 radical (unpaired) electrons. The van der Waals surface area contributed by atoms with Gasteiger partial charge in [0.2, 0.25) is 5.91 Å². The highest BCUT2D eigenvalue weighted by molar-refractivity contribution is 14.0. The smallest absolute Gasteiger partial charge is 0.220 e. The third kappa shape index (κ3) is 6.37. The van der Waals surface area contributed by atoms with E-state index in [4.69, 9.17) is 5.73 Å². The second kappa shape index (κ2) is 10.7. The summed E-state index contributed by atoms with van der Waals surface area (Å²) in [7, 11) is 1.84. The van der Waals surface area contributed by atoms with Crippen LogP contribution in [0.5, 0.6) is 0 Å². The number of nitrogens with one attached hydrogen (secondary N) is 1. The molecule has 0 spiro atoms. The molecule has 3 rings (SSSR count). The number of amides is 1. The molecular formula is C20H33IN6OS. The Morgan fingerprint density at radius 2 is 2.10 bits per heavy atom. The molecule has 3 heterocycles. The topological polar surface area (TPSA) is 86.9 Å². The summed E-state index contributed by atoms with van der Waals surface area (Å²) in [6.07, 6.45) is 3.42. The number of hydrogen-bond acceptors (Lipinski definition) is 5. The van der Waals surface area contributed by atoms with Gasteiger partial charge < -0.3 is 20.9 Å². The summed E-state index contributed by atoms with van der Waals surface area (Å²) >= 11 is 2.02. The minimum absolute atomic E-state index is 0. The van der Waals surface area contributed by atoms with Gasteiger partial charge in [-0.3, -0.25) is 9.79 Å². The Balaban J connectivity index is 0.00000300. The molecule has 0 aromatic carbocycles. The van der Waals surface area contributed by atoms with Crippen molar-refractivity contribution in [2.24, 2.45) is 16.6 Å². The van der Waals surface area contributed by atoms with E-state index in [1.165, 1.54) is 0 Å². The summed E-state index contributed by atoms with van der Waals surface area (Å²) in [5, 5.41) is 3.53. The van der Waals surface area contributed by atoms with E-state index in [-0.39, 0.29) is 40.5 Å². The largest absolute Gasteiger partial charge is 0.369 e. The summed E-state index contributed by atoms with van der Waals surface area (Å²) in [4.78, 5) is 25.2. The molecular weight excluding hydrogens is 499 g/mol. The second-order valence-electron chi connectivity index (χ2n) is 8.08. The number of piperidine rings is 1. The molecule has 0 aliphatic carbocycles. The number of halogens is 1. The number of anilines is 1. The van der Waals surface area contributed by atoms with Crippen molar-refractivity contribution in [3.8, 4) is 0 Å². The van der Waals surface area contributed by atoms with Crippen molar-refractivity contribution in [3.63, 3.8) is 0 Å². The van der Waals surface area contributed by atoms with E-state index in [1.807, 2.05) is 31.1 Å². The summed E-state index contributed by atoms with van der Waals surface area (Å²) in [5.41, 5.74) is 6.61. The number of nitrogens with two attached hydrogens (primary N) is 1. The van der Waals surface area contributed by atoms with Gasteiger partial charge in [0.1, 0.15) is 5.82 Å². The Hall–Kier alpha value is -1.23. The molecule has 2 aliphatic rings. The number of guanidine groups is 1. The van der Waals surface area contributed by atoms with Gasteiger partial charge in [-0.1, -0.05) is 6.07 Å². The van der Waals surface area contributed by atoms with Gasteiger partial charge in [-0.05, 0) is 32.8 Å². The third-order valence-corrected chi connectivity index (χ3v) is 6.74. The molecule has 3 N–H and O–H groups in total. The van der Waals surface area contributed by atoms with Crippen molar-refractivity contribution in [2.45, 2.75) is 38.0 Å². The Morgan fingerprint density at radius 1 is 1.38 bits per heavy atom. The standard InChI is InChI=1S/C20H32N6OS.HI/c1-20(2)14-26(11-12-28-20)19(22-3)24-13-16-5-4-8-23-18(16)25-9-6-15(7-10-25)17(21)27;/h4-5,8,15H,6-7,9-14H2,1-3H3,(H2,21,27)(H,22,24);1H. The molecule has 29 heavy (non-hydrogen) atoms. The molecule has 2 aliphatic heterocycles. The van der Waals surface area contributed by atoms with Gasteiger partial charge in [-0.2, -0.15) is 11.8 Å². The van der Waals surface area contributed by atoms with E-state index in [0.717, 1.165) is 62.1 Å². The highest BCUT2D eigenvalue weighted by Gasteiger charge is 2.29. The van der Waals surface area contributed by atoms with Crippen molar-refractivity contribution < 1.29 is 4.79 Å². The summed E-state index contributed by atoms with van der Waals surface area (Å²) < 4.78 is 0.236. The van der Waals surface area contributed by atoms with Crippen molar-refractivity contribution in [1.29, 1.82) is 0 Å². The van der Waals surface area contributed by atoms with Crippen LogP contribution in [0.15, 0.2) is 23.3 Å². The number of nitrogens with zero attached hydrogens (tertiary/aromatic N) is 4. The zero-order chi connectivity index (χ0) is 20.1. The monoisotopic (exact) mass is 532 g/mol. The predicted molar refractivity (Wildman–Crippen MR) is 132 cm³/mol. The molecule has 0 atom stereocenters. The zero-order valence-corrected chi connectivity index (χ0v) is 20.7. The Labute approximate surface area is 195 Å². The first-order chi connectivity index (χ1) is 13.4. The number of thioether (sulfide) groups is 1. The molecule has 0 unspecified atom stereocenters. The van der Waals surface area contributed by atoms with Crippen LogP contribution in [-0.4, -0.2) is 65.5 Å². The van der Waals surface area contributed by atoms with Crippen LogP contribution >= 0.6 is 35.7 Å². The first-order valence-electron chi connectivity index (χ1n) is 9.97. The molecule has 0 bridgehead atoms. The van der Waals surface area contributed by atoms with Crippen LogP contribution in [0, 0.1) is 5.92 Å². The first-order valence-corrected chi connectivity index (χ1v) is 11.0. The van der Waals surface area contributed by atoms with Gasteiger partial charge >= 0.3 is 0 Å². The lowest BCUT2D eigenvalue weighted by molar-refractivity contribution is -0.122. The van der Waals surface area contributed by atoms with Crippen LogP contribution in [-0.2, 0) is 11.3 Å². The van der Waals surface area contributed by atoms with Gasteiger partial charge in [-0.25, -0.2) is 4.98 Å². The van der Waals surface area contributed by atoms with Crippen LogP contribution in [0.4, 0.5) is 5.82 Å². The Morgan fingerprint density at radius 3 is 2.72 bits per heavy atom. The number of primary amides is 1. The van der Waals surface area contributed by atoms with Crippen molar-refractivity contribution in [2.75, 3.05) is 43.9 Å². The fraction of sp³-hybridized carbons (Fsp3) is 0.650. The minimum atomic E-state index is -0.186. The number of carbonyl (C=O) groups excluding carboxylic acids is 1. The maximum atomic E-state index is 11.4. The van der Waals surface area contributed by atoms with Crippen LogP contribution < -0.4 is 16.0 Å². The normalized spacial score (nSPS) is 20.2. The maximum absolute atomic E-state index is 11.4. The average Bonchev–Trinajstić information content (AvgIpc) is 2.68. The molecule has 1 amide bonds. The first kappa shape index (κ1) is 24.0. The quantitative estimate of drug-likeness (QED) is 0.352. The number of carbonyl (C=O) groups is 1. The maximum Gasteiger partial charge on any atom is 0.220 e. The molecule has 2 saturated heterocycles. The van der Waals surface area contributed by atoms with E-state index in [1.54, 1.807) is 0 Å². The summed E-state index contributed by atoms with van der Waals surface area (Å²) in [5.74, 6) is 2.84. The second-order valence-corrected chi connectivity index (χ2v) is 9.88. The zero-order valence-electron chi connectivity index (χ0n) is 17.6. The van der Waals surface area contributed by atoms with Crippen LogP contribution in [0.2, 0.25) is 0 Å². The molecule has 0 saturated carbocycles. The fourth-order valence-electron chi connectivity index (χ4n) is 3.93. The van der Waals surface area contributed by atoms with Crippen LogP contribution in [0.3, 0.4) is 0 Å². The van der Waals surface area contributed by atoms with E-state index >= 15 is 0 Å². The van der Waals surface area contributed by atoms with Gasteiger partial charge in [0.15, 0.2) is 5.96 Å². The molecule has 9 heteroatoms. The lowest BCUT2D eigenvalue weighted by Gasteiger charge is -2.39. The van der Waals surface area contributed by atoms with Crippen LogP contribution in [0.1, 0.15) is 32.3 Å². The molecule has 162 valence electrons. The van der Waals surface area contributed by atoms with Gasteiger partial charge in [0.25, 0.3) is 0 Å². The number of rotatable bonds is 4. The summed E-state index contributed by atoms with van der Waals surface area (Å²) in [6.45, 7) is 8.85. The highest BCUT2D eigenvalue weighted by Crippen LogP contribution is 2.29. The summed E-state index contributed by atoms with van der Waals surface area (Å²) in [6, 6.07) is 4.08. The Bertz CT molecular complexity index is 721. The highest BCUT2D eigenvalue weighted by atomic mass is 127. The van der Waals surface area contributed by atoms with Gasteiger partial charge in [0, 0.05) is 67.9 Å². The SMILES string of the molecule is CN=C(NCc1cccnc1N1CCC(C(N)=O)CC1)N1CCSC(C)(C)C1.I. The predicted octanol–water partition coefficient (Wildman–Crippen LogP) is 2.30. The van der Waals surface area contributed by atoms with Crippen molar-refractivity contribution in [3.05, 3.63) is 23.9 Å². The van der Waals surface area contributed by atoms with Crippen molar-refractivity contribution >= 4 is 53.4 Å². The number of aliphatic imine (C=N–C) groups is 1. The van der Waals surface area contributed by atoms with Crippen molar-refractivity contribution in [1.82, 2.24) is 15.2 Å². The van der Waals surface area contributed by atoms with Crippen LogP contribution in [0.25, 0.3) is 0 Å². The van der Waals surface area contributed by atoms with E-state index in [2.05, 4.69) is 45.0 Å². The van der Waals surface area contributed by atoms with E-state index < -0.39 is 0 Å². The van der Waals surface area contributed by atoms with E-state index in [0.29, 0.717) is 6.54 Å². The third-order valence-electron chi connectivity index (χ3n) is 5.44. The lowest BCUT2D eigenvalue weighted by atomic mass is 9.96. The number of hydrogen-bond donors (Lipinski definition) is 2. The number of aromatic nitrogens is 1.